The van der Waals surface area contributed by atoms with Crippen LogP contribution in [-0.4, -0.2) is 24.5 Å². The van der Waals surface area contributed by atoms with Gasteiger partial charge in [0.2, 0.25) is 0 Å². The van der Waals surface area contributed by atoms with Gasteiger partial charge in [0, 0.05) is 6.04 Å². The molecule has 2 N–H and O–H groups in total. The van der Waals surface area contributed by atoms with Crippen LogP contribution >= 0.6 is 0 Å². The summed E-state index contributed by atoms with van der Waals surface area (Å²) in [6, 6.07) is 9.78. The summed E-state index contributed by atoms with van der Waals surface area (Å²) < 4.78 is 0. The van der Waals surface area contributed by atoms with E-state index in [4.69, 9.17) is 5.73 Å². The average Bonchev–Trinajstić information content (AvgIpc) is 2.68. The van der Waals surface area contributed by atoms with Crippen molar-refractivity contribution in [3.8, 4) is 0 Å². The molecule has 0 saturated carbocycles. The molecule has 1 aliphatic heterocycles. The van der Waals surface area contributed by atoms with Crippen molar-refractivity contribution in [2.24, 2.45) is 11.7 Å². The molecule has 0 bridgehead atoms. The lowest BCUT2D eigenvalue weighted by Crippen LogP contribution is -2.35. The van der Waals surface area contributed by atoms with Crippen molar-refractivity contribution in [3.63, 3.8) is 0 Å². The molecule has 2 atom stereocenters. The van der Waals surface area contributed by atoms with Crippen LogP contribution in [0.15, 0.2) is 24.3 Å². The number of hydrogen-bond donors (Lipinski definition) is 1. The van der Waals surface area contributed by atoms with E-state index in [1.165, 1.54) is 36.9 Å². The summed E-state index contributed by atoms with van der Waals surface area (Å²) in [7, 11) is 0. The second-order valence-corrected chi connectivity index (χ2v) is 7.44. The Labute approximate surface area is 130 Å². The van der Waals surface area contributed by atoms with Gasteiger partial charge in [0.25, 0.3) is 0 Å². The van der Waals surface area contributed by atoms with Crippen LogP contribution < -0.4 is 5.73 Å². The first-order valence-corrected chi connectivity index (χ1v) is 8.52. The third-order valence-electron chi connectivity index (χ3n) is 4.94. The van der Waals surface area contributed by atoms with E-state index in [9.17, 15) is 0 Å². The molecule has 0 aliphatic carbocycles. The highest BCUT2D eigenvalue weighted by atomic mass is 15.2. The zero-order valence-electron chi connectivity index (χ0n) is 14.2. The Bertz CT molecular complexity index is 416. The van der Waals surface area contributed by atoms with Gasteiger partial charge in [0.1, 0.15) is 0 Å². The number of hydrogen-bond acceptors (Lipinski definition) is 2. The summed E-state index contributed by atoms with van der Waals surface area (Å²) in [4.78, 5) is 2.62. The lowest BCUT2D eigenvalue weighted by Gasteiger charge is -2.34. The van der Waals surface area contributed by atoms with Crippen molar-refractivity contribution in [1.82, 2.24) is 4.90 Å². The van der Waals surface area contributed by atoms with E-state index in [-0.39, 0.29) is 5.41 Å². The Morgan fingerprint density at radius 2 is 1.81 bits per heavy atom. The Hall–Kier alpha value is -0.860. The molecule has 1 aliphatic rings. The zero-order chi connectivity index (χ0) is 15.5. The van der Waals surface area contributed by atoms with Crippen LogP contribution in [0.4, 0.5) is 0 Å². The summed E-state index contributed by atoms with van der Waals surface area (Å²) >= 11 is 0. The average molecular weight is 288 g/mol. The summed E-state index contributed by atoms with van der Waals surface area (Å²) in [5.41, 5.74) is 9.17. The van der Waals surface area contributed by atoms with Crippen molar-refractivity contribution < 1.29 is 0 Å². The van der Waals surface area contributed by atoms with Gasteiger partial charge in [0.15, 0.2) is 0 Å². The minimum Gasteiger partial charge on any atom is -0.330 e. The molecule has 1 saturated heterocycles. The van der Waals surface area contributed by atoms with Gasteiger partial charge in [-0.3, -0.25) is 4.90 Å². The molecule has 118 valence electrons. The van der Waals surface area contributed by atoms with E-state index < -0.39 is 0 Å². The van der Waals surface area contributed by atoms with E-state index in [0.717, 1.165) is 13.1 Å². The van der Waals surface area contributed by atoms with Crippen molar-refractivity contribution in [3.05, 3.63) is 35.4 Å². The van der Waals surface area contributed by atoms with Crippen LogP contribution in [-0.2, 0) is 5.41 Å². The maximum atomic E-state index is 6.09. The fourth-order valence-corrected chi connectivity index (χ4v) is 3.58. The third-order valence-corrected chi connectivity index (χ3v) is 4.94. The first-order chi connectivity index (χ1) is 9.97. The highest BCUT2D eigenvalue weighted by molar-refractivity contribution is 5.30. The summed E-state index contributed by atoms with van der Waals surface area (Å²) in [5, 5.41) is 0. The molecular formula is C19H32N2. The predicted octanol–water partition coefficient (Wildman–Crippen LogP) is 4.11. The molecule has 21 heavy (non-hydrogen) atoms. The Kier molecular flexibility index (Phi) is 5.45. The Morgan fingerprint density at radius 1 is 1.14 bits per heavy atom. The standard InChI is InChI=1S/C19H32N2/c1-5-21-13-7-6-8-16(14-20)18(21)15-9-11-17(12-10-15)19(2,3)4/h9-12,16,18H,5-8,13-14,20H2,1-4H3. The molecular weight excluding hydrogens is 256 g/mol. The molecule has 1 aromatic carbocycles. The molecule has 1 fully saturated rings. The molecule has 1 heterocycles. The maximum Gasteiger partial charge on any atom is 0.0388 e. The van der Waals surface area contributed by atoms with Gasteiger partial charge in [-0.2, -0.15) is 0 Å². The van der Waals surface area contributed by atoms with Gasteiger partial charge in [-0.1, -0.05) is 58.4 Å². The smallest absolute Gasteiger partial charge is 0.0388 e. The van der Waals surface area contributed by atoms with E-state index in [1.807, 2.05) is 0 Å². The molecule has 0 amide bonds. The van der Waals surface area contributed by atoms with E-state index in [1.54, 1.807) is 0 Å². The van der Waals surface area contributed by atoms with Gasteiger partial charge >= 0.3 is 0 Å². The number of likely N-dealkylation sites (tertiary alicyclic amines) is 1. The molecule has 1 aromatic rings. The molecule has 0 spiro atoms. The maximum absolute atomic E-state index is 6.09. The molecule has 2 unspecified atom stereocenters. The van der Waals surface area contributed by atoms with Gasteiger partial charge in [0.05, 0.1) is 0 Å². The van der Waals surface area contributed by atoms with Gasteiger partial charge in [-0.05, 0) is 54.9 Å². The van der Waals surface area contributed by atoms with Crippen LogP contribution in [0.25, 0.3) is 0 Å². The largest absolute Gasteiger partial charge is 0.330 e. The van der Waals surface area contributed by atoms with Crippen LogP contribution in [0.2, 0.25) is 0 Å². The number of nitrogens with zero attached hydrogens (tertiary/aromatic N) is 1. The Balaban J connectivity index is 2.30. The fraction of sp³-hybridized carbons (Fsp3) is 0.684. The summed E-state index contributed by atoms with van der Waals surface area (Å²) in [6.45, 7) is 12.2. The molecule has 2 rings (SSSR count). The molecule has 0 radical (unpaired) electrons. The molecule has 0 aromatic heterocycles. The topological polar surface area (TPSA) is 29.3 Å². The zero-order valence-corrected chi connectivity index (χ0v) is 14.2. The highest BCUT2D eigenvalue weighted by Gasteiger charge is 2.29. The SMILES string of the molecule is CCN1CCCCC(CN)C1c1ccc(C(C)(C)C)cc1. The quantitative estimate of drug-likeness (QED) is 0.907. The molecule has 2 nitrogen and oxygen atoms in total. The normalized spacial score (nSPS) is 24.8. The summed E-state index contributed by atoms with van der Waals surface area (Å²) in [6.07, 6.45) is 3.88. The minimum atomic E-state index is 0.222. The lowest BCUT2D eigenvalue weighted by molar-refractivity contribution is 0.166. The first kappa shape index (κ1) is 16.5. The second kappa shape index (κ2) is 6.93. The fourth-order valence-electron chi connectivity index (χ4n) is 3.58. The van der Waals surface area contributed by atoms with Crippen LogP contribution in [0.3, 0.4) is 0 Å². The van der Waals surface area contributed by atoms with Gasteiger partial charge in [-0.25, -0.2) is 0 Å². The predicted molar refractivity (Wildman–Crippen MR) is 91.5 cm³/mol. The lowest BCUT2D eigenvalue weighted by atomic mass is 9.84. The van der Waals surface area contributed by atoms with Gasteiger partial charge < -0.3 is 5.73 Å². The number of rotatable bonds is 3. The number of nitrogens with two attached hydrogens (primary N) is 1. The number of benzene rings is 1. The first-order valence-electron chi connectivity index (χ1n) is 8.52. The van der Waals surface area contributed by atoms with E-state index >= 15 is 0 Å². The third kappa shape index (κ3) is 3.87. The van der Waals surface area contributed by atoms with Crippen molar-refractivity contribution >= 4 is 0 Å². The monoisotopic (exact) mass is 288 g/mol. The second-order valence-electron chi connectivity index (χ2n) is 7.44. The molecule has 2 heteroatoms. The van der Waals surface area contributed by atoms with E-state index in [0.29, 0.717) is 12.0 Å². The van der Waals surface area contributed by atoms with Crippen LogP contribution in [0.5, 0.6) is 0 Å². The van der Waals surface area contributed by atoms with E-state index in [2.05, 4.69) is 56.9 Å². The van der Waals surface area contributed by atoms with Crippen molar-refractivity contribution in [2.75, 3.05) is 19.6 Å². The highest BCUT2D eigenvalue weighted by Crippen LogP contribution is 2.35. The van der Waals surface area contributed by atoms with Crippen molar-refractivity contribution in [2.45, 2.75) is 58.4 Å². The summed E-state index contributed by atoms with van der Waals surface area (Å²) in [5.74, 6) is 0.591. The minimum absolute atomic E-state index is 0.222. The van der Waals surface area contributed by atoms with Crippen LogP contribution in [0.1, 0.15) is 64.1 Å². The van der Waals surface area contributed by atoms with Gasteiger partial charge in [-0.15, -0.1) is 0 Å². The van der Waals surface area contributed by atoms with Crippen molar-refractivity contribution in [1.29, 1.82) is 0 Å². The Morgan fingerprint density at radius 3 is 2.33 bits per heavy atom. The van der Waals surface area contributed by atoms with Crippen LogP contribution in [0, 0.1) is 5.92 Å².